The zero-order valence-electron chi connectivity index (χ0n) is 11.3. The lowest BCUT2D eigenvalue weighted by atomic mass is 10.0. The van der Waals surface area contributed by atoms with Crippen LogP contribution in [0.3, 0.4) is 0 Å². The van der Waals surface area contributed by atoms with Gasteiger partial charge in [-0.15, -0.1) is 0 Å². The van der Waals surface area contributed by atoms with Crippen LogP contribution >= 0.6 is 23.2 Å². The summed E-state index contributed by atoms with van der Waals surface area (Å²) in [4.78, 5) is 12.1. The van der Waals surface area contributed by atoms with Gasteiger partial charge in [0.25, 0.3) is 5.91 Å². The van der Waals surface area contributed by atoms with Gasteiger partial charge in [0.15, 0.2) is 0 Å². The summed E-state index contributed by atoms with van der Waals surface area (Å²) in [6.45, 7) is 4.23. The second kappa shape index (κ2) is 6.29. The summed E-state index contributed by atoms with van der Waals surface area (Å²) in [5.41, 5.74) is 2.44. The normalized spacial score (nSPS) is 10.7. The van der Waals surface area contributed by atoms with E-state index < -0.39 is 0 Å². The molecule has 0 saturated heterocycles. The topological polar surface area (TPSA) is 29.1 Å². The molecule has 0 spiro atoms. The van der Waals surface area contributed by atoms with E-state index in [9.17, 15) is 4.79 Å². The number of halogens is 2. The van der Waals surface area contributed by atoms with Crippen LogP contribution in [0.1, 0.15) is 35.7 Å². The number of hydrogen-bond acceptors (Lipinski definition) is 1. The number of rotatable bonds is 3. The van der Waals surface area contributed by atoms with Crippen LogP contribution in [0.4, 0.5) is 5.69 Å². The van der Waals surface area contributed by atoms with Crippen molar-refractivity contribution in [3.8, 4) is 0 Å². The minimum atomic E-state index is -0.168. The molecular formula is C16H15Cl2NO. The molecule has 0 atom stereocenters. The summed E-state index contributed by atoms with van der Waals surface area (Å²) in [7, 11) is 0. The number of anilines is 1. The Balaban J connectivity index is 2.13. The van der Waals surface area contributed by atoms with E-state index in [0.717, 1.165) is 0 Å². The van der Waals surface area contributed by atoms with Crippen LogP contribution in [0.2, 0.25) is 10.0 Å². The smallest absolute Gasteiger partial charge is 0.255 e. The Hall–Kier alpha value is -1.51. The van der Waals surface area contributed by atoms with Crippen LogP contribution in [0.5, 0.6) is 0 Å². The predicted octanol–water partition coefficient (Wildman–Crippen LogP) is 5.37. The lowest BCUT2D eigenvalue weighted by Gasteiger charge is -2.08. The molecule has 0 fully saturated rings. The van der Waals surface area contributed by atoms with Gasteiger partial charge in [0, 0.05) is 11.3 Å². The van der Waals surface area contributed by atoms with Gasteiger partial charge in [-0.25, -0.2) is 0 Å². The third-order valence-corrected chi connectivity index (χ3v) is 3.76. The molecule has 0 aliphatic heterocycles. The lowest BCUT2D eigenvalue weighted by molar-refractivity contribution is 0.102. The first-order valence-corrected chi connectivity index (χ1v) is 7.09. The highest BCUT2D eigenvalue weighted by atomic mass is 35.5. The Bertz CT molecular complexity index is 621. The standard InChI is InChI=1S/C16H15Cl2NO/c1-10(2)11-3-5-12(6-4-11)16(20)19-13-7-8-14(17)15(18)9-13/h3-10H,1-2H3,(H,19,20). The molecule has 0 bridgehead atoms. The highest BCUT2D eigenvalue weighted by Crippen LogP contribution is 2.25. The van der Waals surface area contributed by atoms with Crippen molar-refractivity contribution >= 4 is 34.8 Å². The number of hydrogen-bond donors (Lipinski definition) is 1. The maximum Gasteiger partial charge on any atom is 0.255 e. The molecule has 2 rings (SSSR count). The molecule has 1 N–H and O–H groups in total. The van der Waals surface area contributed by atoms with Crippen molar-refractivity contribution < 1.29 is 4.79 Å². The first kappa shape index (κ1) is 14.9. The molecule has 0 aromatic heterocycles. The lowest BCUT2D eigenvalue weighted by Crippen LogP contribution is -2.11. The van der Waals surface area contributed by atoms with Gasteiger partial charge in [0.2, 0.25) is 0 Å². The first-order valence-electron chi connectivity index (χ1n) is 6.33. The maximum atomic E-state index is 12.1. The van der Waals surface area contributed by atoms with Crippen LogP contribution in [0.15, 0.2) is 42.5 Å². The minimum absolute atomic E-state index is 0.168. The average molecular weight is 308 g/mol. The second-order valence-electron chi connectivity index (χ2n) is 4.86. The minimum Gasteiger partial charge on any atom is -0.322 e. The second-order valence-corrected chi connectivity index (χ2v) is 5.67. The summed E-state index contributed by atoms with van der Waals surface area (Å²) >= 11 is 11.8. The summed E-state index contributed by atoms with van der Waals surface area (Å²) in [5, 5.41) is 3.67. The molecule has 0 saturated carbocycles. The van der Waals surface area contributed by atoms with Crippen LogP contribution in [-0.4, -0.2) is 5.91 Å². The van der Waals surface area contributed by atoms with E-state index in [-0.39, 0.29) is 5.91 Å². The Morgan fingerprint density at radius 2 is 1.65 bits per heavy atom. The molecule has 0 heterocycles. The molecule has 20 heavy (non-hydrogen) atoms. The van der Waals surface area contributed by atoms with E-state index in [0.29, 0.717) is 27.2 Å². The molecule has 0 unspecified atom stereocenters. The van der Waals surface area contributed by atoms with E-state index in [1.165, 1.54) is 5.56 Å². The van der Waals surface area contributed by atoms with Crippen LogP contribution in [0.25, 0.3) is 0 Å². The molecule has 2 aromatic carbocycles. The van der Waals surface area contributed by atoms with Crippen molar-refractivity contribution in [1.29, 1.82) is 0 Å². The van der Waals surface area contributed by atoms with E-state index in [1.807, 2.05) is 24.3 Å². The van der Waals surface area contributed by atoms with Crippen LogP contribution in [-0.2, 0) is 0 Å². The molecule has 0 radical (unpaired) electrons. The van der Waals surface area contributed by atoms with Gasteiger partial charge in [-0.05, 0) is 41.8 Å². The first-order chi connectivity index (χ1) is 9.47. The quantitative estimate of drug-likeness (QED) is 0.811. The van der Waals surface area contributed by atoms with E-state index in [1.54, 1.807) is 18.2 Å². The van der Waals surface area contributed by atoms with E-state index in [4.69, 9.17) is 23.2 Å². The summed E-state index contributed by atoms with van der Waals surface area (Å²) in [6.07, 6.45) is 0. The molecule has 104 valence electrons. The molecular weight excluding hydrogens is 293 g/mol. The Morgan fingerprint density at radius 3 is 2.20 bits per heavy atom. The fourth-order valence-corrected chi connectivity index (χ4v) is 2.09. The largest absolute Gasteiger partial charge is 0.322 e. The summed E-state index contributed by atoms with van der Waals surface area (Å²) < 4.78 is 0. The predicted molar refractivity (Wildman–Crippen MR) is 84.9 cm³/mol. The zero-order valence-corrected chi connectivity index (χ0v) is 12.8. The molecule has 0 aliphatic carbocycles. The molecule has 0 aliphatic rings. The summed E-state index contributed by atoms with van der Waals surface area (Å²) in [5.74, 6) is 0.279. The number of nitrogens with one attached hydrogen (secondary N) is 1. The molecule has 2 aromatic rings. The highest BCUT2D eigenvalue weighted by Gasteiger charge is 2.08. The highest BCUT2D eigenvalue weighted by molar-refractivity contribution is 6.42. The van der Waals surface area contributed by atoms with Crippen molar-refractivity contribution in [1.82, 2.24) is 0 Å². The third-order valence-electron chi connectivity index (χ3n) is 3.02. The Morgan fingerprint density at radius 1 is 1.00 bits per heavy atom. The van der Waals surface area contributed by atoms with Crippen molar-refractivity contribution in [3.63, 3.8) is 0 Å². The van der Waals surface area contributed by atoms with Gasteiger partial charge >= 0.3 is 0 Å². The fourth-order valence-electron chi connectivity index (χ4n) is 1.80. The third kappa shape index (κ3) is 3.53. The number of carbonyl (C=O) groups excluding carboxylic acids is 1. The SMILES string of the molecule is CC(C)c1ccc(C(=O)Nc2ccc(Cl)c(Cl)c2)cc1. The monoisotopic (exact) mass is 307 g/mol. The van der Waals surface area contributed by atoms with Gasteiger partial charge in [0.05, 0.1) is 10.0 Å². The molecule has 2 nitrogen and oxygen atoms in total. The van der Waals surface area contributed by atoms with Crippen molar-refractivity contribution in [2.45, 2.75) is 19.8 Å². The fraction of sp³-hybridized carbons (Fsp3) is 0.188. The van der Waals surface area contributed by atoms with Gasteiger partial charge in [-0.1, -0.05) is 49.2 Å². The Kier molecular flexibility index (Phi) is 4.69. The van der Waals surface area contributed by atoms with Crippen molar-refractivity contribution in [3.05, 3.63) is 63.6 Å². The van der Waals surface area contributed by atoms with Crippen molar-refractivity contribution in [2.24, 2.45) is 0 Å². The molecule has 4 heteroatoms. The summed E-state index contributed by atoms with van der Waals surface area (Å²) in [6, 6.07) is 12.6. The average Bonchev–Trinajstić information content (AvgIpc) is 2.43. The van der Waals surface area contributed by atoms with E-state index in [2.05, 4.69) is 19.2 Å². The molecule has 1 amide bonds. The van der Waals surface area contributed by atoms with Crippen LogP contribution in [0, 0.1) is 0 Å². The van der Waals surface area contributed by atoms with Gasteiger partial charge in [-0.2, -0.15) is 0 Å². The number of carbonyl (C=O) groups is 1. The van der Waals surface area contributed by atoms with Gasteiger partial charge < -0.3 is 5.32 Å². The van der Waals surface area contributed by atoms with E-state index >= 15 is 0 Å². The van der Waals surface area contributed by atoms with Crippen LogP contribution < -0.4 is 5.32 Å². The number of amides is 1. The Labute approximate surface area is 128 Å². The maximum absolute atomic E-state index is 12.1. The van der Waals surface area contributed by atoms with Gasteiger partial charge in [0.1, 0.15) is 0 Å². The van der Waals surface area contributed by atoms with Crippen molar-refractivity contribution in [2.75, 3.05) is 5.32 Å². The zero-order chi connectivity index (χ0) is 14.7. The number of benzene rings is 2. The van der Waals surface area contributed by atoms with Gasteiger partial charge in [-0.3, -0.25) is 4.79 Å².